The molecule has 1 heterocycles. The summed E-state index contributed by atoms with van der Waals surface area (Å²) >= 11 is 0. The van der Waals surface area contributed by atoms with Crippen LogP contribution in [0.25, 0.3) is 0 Å². The van der Waals surface area contributed by atoms with Gasteiger partial charge >= 0.3 is 5.97 Å². The Morgan fingerprint density at radius 2 is 1.75 bits per heavy atom. The minimum Gasteiger partial charge on any atom is -0.493 e. The molecular formula is C17H24O7. The second-order valence-electron chi connectivity index (χ2n) is 5.89. The van der Waals surface area contributed by atoms with Crippen molar-refractivity contribution in [3.63, 3.8) is 0 Å². The largest absolute Gasteiger partial charge is 0.493 e. The monoisotopic (exact) mass is 340 g/mol. The fourth-order valence-electron chi connectivity index (χ4n) is 2.46. The van der Waals surface area contributed by atoms with E-state index in [4.69, 9.17) is 28.4 Å². The fourth-order valence-corrected chi connectivity index (χ4v) is 2.46. The van der Waals surface area contributed by atoms with Gasteiger partial charge in [0.1, 0.15) is 12.2 Å². The summed E-state index contributed by atoms with van der Waals surface area (Å²) in [5, 5.41) is 0. The first-order valence-corrected chi connectivity index (χ1v) is 7.64. The molecule has 1 aromatic rings. The third kappa shape index (κ3) is 3.91. The lowest BCUT2D eigenvalue weighted by atomic mass is 10.1. The van der Waals surface area contributed by atoms with Crippen molar-refractivity contribution >= 4 is 5.97 Å². The van der Waals surface area contributed by atoms with Crippen molar-refractivity contribution in [1.82, 2.24) is 0 Å². The van der Waals surface area contributed by atoms with E-state index in [-0.39, 0.29) is 6.10 Å². The molecule has 0 spiro atoms. The average molecular weight is 340 g/mol. The van der Waals surface area contributed by atoms with Gasteiger partial charge in [0.2, 0.25) is 5.75 Å². The van der Waals surface area contributed by atoms with Crippen LogP contribution in [-0.4, -0.2) is 51.9 Å². The highest BCUT2D eigenvalue weighted by Gasteiger charge is 2.37. The van der Waals surface area contributed by atoms with Gasteiger partial charge in [0.25, 0.3) is 0 Å². The Hall–Kier alpha value is -1.99. The molecule has 134 valence electrons. The molecule has 2 unspecified atom stereocenters. The summed E-state index contributed by atoms with van der Waals surface area (Å²) in [5.74, 6) is 0.0164. The van der Waals surface area contributed by atoms with Crippen LogP contribution in [0.1, 0.15) is 31.1 Å². The molecule has 1 aromatic carbocycles. The van der Waals surface area contributed by atoms with Crippen LogP contribution in [0.3, 0.4) is 0 Å². The molecule has 0 radical (unpaired) electrons. The van der Waals surface area contributed by atoms with Crippen LogP contribution in [0.2, 0.25) is 0 Å². The second kappa shape index (κ2) is 7.27. The van der Waals surface area contributed by atoms with Gasteiger partial charge in [-0.25, -0.2) is 4.79 Å². The topological polar surface area (TPSA) is 72.5 Å². The standard InChI is InChI=1S/C17H24O7/c1-10(14-9-22-17(2,3)24-14)23-16(18)11-7-12(19-4)15(21-6)13(8-11)20-5/h7-8,10,14H,9H2,1-6H3. The van der Waals surface area contributed by atoms with Crippen LogP contribution < -0.4 is 14.2 Å². The maximum atomic E-state index is 12.4. The second-order valence-corrected chi connectivity index (χ2v) is 5.89. The van der Waals surface area contributed by atoms with Crippen molar-refractivity contribution in [2.24, 2.45) is 0 Å². The van der Waals surface area contributed by atoms with Crippen LogP contribution >= 0.6 is 0 Å². The number of ether oxygens (including phenoxy) is 6. The molecule has 0 bridgehead atoms. The minimum absolute atomic E-state index is 0.300. The number of carbonyl (C=O) groups excluding carboxylic acids is 1. The van der Waals surface area contributed by atoms with Gasteiger partial charge < -0.3 is 28.4 Å². The maximum Gasteiger partial charge on any atom is 0.338 e. The molecule has 7 heteroatoms. The van der Waals surface area contributed by atoms with Crippen molar-refractivity contribution < 1.29 is 33.2 Å². The average Bonchev–Trinajstić information content (AvgIpc) is 2.93. The van der Waals surface area contributed by atoms with E-state index in [0.29, 0.717) is 29.4 Å². The molecule has 24 heavy (non-hydrogen) atoms. The van der Waals surface area contributed by atoms with E-state index < -0.39 is 17.9 Å². The molecule has 1 saturated heterocycles. The first kappa shape index (κ1) is 18.4. The van der Waals surface area contributed by atoms with Gasteiger partial charge in [0, 0.05) is 0 Å². The van der Waals surface area contributed by atoms with E-state index in [9.17, 15) is 4.79 Å². The number of rotatable bonds is 6. The van der Waals surface area contributed by atoms with Crippen LogP contribution in [0.5, 0.6) is 17.2 Å². The predicted molar refractivity (Wildman–Crippen MR) is 85.9 cm³/mol. The van der Waals surface area contributed by atoms with Crippen LogP contribution in [0.15, 0.2) is 12.1 Å². The summed E-state index contributed by atoms with van der Waals surface area (Å²) in [5.41, 5.74) is 0.300. The molecule has 0 aromatic heterocycles. The molecular weight excluding hydrogens is 316 g/mol. The number of methoxy groups -OCH3 is 3. The summed E-state index contributed by atoms with van der Waals surface area (Å²) in [6, 6.07) is 3.10. The van der Waals surface area contributed by atoms with Crippen molar-refractivity contribution in [1.29, 1.82) is 0 Å². The Bertz CT molecular complexity index is 572. The number of benzene rings is 1. The maximum absolute atomic E-state index is 12.4. The van der Waals surface area contributed by atoms with Gasteiger partial charge in [-0.1, -0.05) is 0 Å². The zero-order valence-corrected chi connectivity index (χ0v) is 14.9. The van der Waals surface area contributed by atoms with E-state index in [2.05, 4.69) is 0 Å². The van der Waals surface area contributed by atoms with E-state index in [1.54, 1.807) is 19.1 Å². The lowest BCUT2D eigenvalue weighted by Gasteiger charge is -2.21. The summed E-state index contributed by atoms with van der Waals surface area (Å²) in [4.78, 5) is 12.4. The van der Waals surface area contributed by atoms with Gasteiger partial charge in [0.15, 0.2) is 17.3 Å². The number of esters is 1. The van der Waals surface area contributed by atoms with Gasteiger partial charge in [-0.15, -0.1) is 0 Å². The summed E-state index contributed by atoms with van der Waals surface area (Å²) < 4.78 is 32.4. The Morgan fingerprint density at radius 1 is 1.17 bits per heavy atom. The normalized spacial score (nSPS) is 20.3. The predicted octanol–water partition coefficient (Wildman–Crippen LogP) is 2.41. The third-order valence-corrected chi connectivity index (χ3v) is 3.75. The zero-order valence-electron chi connectivity index (χ0n) is 14.9. The lowest BCUT2D eigenvalue weighted by molar-refractivity contribution is -0.150. The number of carbonyl (C=O) groups is 1. The first-order valence-electron chi connectivity index (χ1n) is 7.64. The molecule has 0 aliphatic carbocycles. The highest BCUT2D eigenvalue weighted by molar-refractivity contribution is 5.91. The molecule has 0 saturated carbocycles. The Kier molecular flexibility index (Phi) is 5.56. The molecule has 1 fully saturated rings. The van der Waals surface area contributed by atoms with Crippen molar-refractivity contribution in [2.45, 2.75) is 38.8 Å². The quantitative estimate of drug-likeness (QED) is 0.736. The van der Waals surface area contributed by atoms with Gasteiger partial charge in [-0.3, -0.25) is 0 Å². The van der Waals surface area contributed by atoms with Crippen LogP contribution in [0.4, 0.5) is 0 Å². The van der Waals surface area contributed by atoms with E-state index >= 15 is 0 Å². The lowest BCUT2D eigenvalue weighted by Crippen LogP contribution is -2.32. The van der Waals surface area contributed by atoms with E-state index in [1.165, 1.54) is 21.3 Å². The first-order chi connectivity index (χ1) is 11.3. The van der Waals surface area contributed by atoms with E-state index in [1.807, 2.05) is 13.8 Å². The SMILES string of the molecule is COc1cc(C(=O)OC(C)C2COC(C)(C)O2)cc(OC)c1OC. The van der Waals surface area contributed by atoms with Crippen LogP contribution in [0, 0.1) is 0 Å². The summed E-state index contributed by atoms with van der Waals surface area (Å²) in [7, 11) is 4.47. The summed E-state index contributed by atoms with van der Waals surface area (Å²) in [6.45, 7) is 5.78. The Balaban J connectivity index is 2.15. The van der Waals surface area contributed by atoms with Crippen molar-refractivity contribution in [2.75, 3.05) is 27.9 Å². The molecule has 2 atom stereocenters. The minimum atomic E-state index is -0.669. The third-order valence-electron chi connectivity index (χ3n) is 3.75. The van der Waals surface area contributed by atoms with Crippen molar-refractivity contribution in [3.8, 4) is 17.2 Å². The number of hydrogen-bond donors (Lipinski definition) is 0. The highest BCUT2D eigenvalue weighted by Crippen LogP contribution is 2.38. The van der Waals surface area contributed by atoms with Gasteiger partial charge in [-0.05, 0) is 32.9 Å². The molecule has 1 aliphatic heterocycles. The molecule has 2 rings (SSSR count). The Morgan fingerprint density at radius 3 is 2.17 bits per heavy atom. The van der Waals surface area contributed by atoms with Gasteiger partial charge in [-0.2, -0.15) is 0 Å². The zero-order chi connectivity index (χ0) is 17.9. The number of hydrogen-bond acceptors (Lipinski definition) is 7. The molecule has 7 nitrogen and oxygen atoms in total. The summed E-state index contributed by atoms with van der Waals surface area (Å²) in [6.07, 6.45) is -0.774. The fraction of sp³-hybridized carbons (Fsp3) is 0.588. The molecule has 0 amide bonds. The van der Waals surface area contributed by atoms with E-state index in [0.717, 1.165) is 0 Å². The Labute approximate surface area is 141 Å². The molecule has 1 aliphatic rings. The highest BCUT2D eigenvalue weighted by atomic mass is 16.8. The molecule has 0 N–H and O–H groups in total. The van der Waals surface area contributed by atoms with Gasteiger partial charge in [0.05, 0.1) is 33.5 Å². The smallest absolute Gasteiger partial charge is 0.338 e. The van der Waals surface area contributed by atoms with Crippen molar-refractivity contribution in [3.05, 3.63) is 17.7 Å². The van der Waals surface area contributed by atoms with Crippen LogP contribution in [-0.2, 0) is 14.2 Å².